The van der Waals surface area contributed by atoms with Crippen LogP contribution < -0.4 is 5.69 Å². The van der Waals surface area contributed by atoms with Crippen molar-refractivity contribution in [2.45, 2.75) is 44.9 Å². The molecule has 0 saturated heterocycles. The third-order valence-corrected chi connectivity index (χ3v) is 6.75. The summed E-state index contributed by atoms with van der Waals surface area (Å²) in [6, 6.07) is 14.5. The van der Waals surface area contributed by atoms with Crippen molar-refractivity contribution in [3.8, 4) is 10.7 Å². The van der Waals surface area contributed by atoms with Gasteiger partial charge in [-0.25, -0.2) is 13.9 Å². The molecule has 0 amide bonds. The van der Waals surface area contributed by atoms with E-state index in [9.17, 15) is 27.2 Å². The molecule has 0 radical (unpaired) electrons. The van der Waals surface area contributed by atoms with Crippen LogP contribution in [0.3, 0.4) is 0 Å². The van der Waals surface area contributed by atoms with Crippen LogP contribution in [0.5, 0.6) is 0 Å². The van der Waals surface area contributed by atoms with Gasteiger partial charge in [0.25, 0.3) is 0 Å². The molecule has 0 fully saturated rings. The summed E-state index contributed by atoms with van der Waals surface area (Å²) in [4.78, 5) is 26.8. The predicted octanol–water partition coefficient (Wildman–Crippen LogP) is 5.92. The molecule has 0 saturated carbocycles. The number of carbonyl (C=O) groups excluding carboxylic acids is 1. The first-order valence-electron chi connectivity index (χ1n) is 11.1. The van der Waals surface area contributed by atoms with Gasteiger partial charge < -0.3 is 0 Å². The SMILES string of the molecule is CC(C)(CC(=O)Cn1nc(-c2cccs2)n(Cc2ccccc2F)c1=O)c1cccc(C(F)(F)F)c1. The van der Waals surface area contributed by atoms with Gasteiger partial charge in [-0.15, -0.1) is 16.4 Å². The van der Waals surface area contributed by atoms with E-state index in [-0.39, 0.29) is 25.3 Å². The van der Waals surface area contributed by atoms with E-state index in [4.69, 9.17) is 0 Å². The van der Waals surface area contributed by atoms with Crippen LogP contribution in [0.4, 0.5) is 17.6 Å². The van der Waals surface area contributed by atoms with Gasteiger partial charge in [-0.1, -0.05) is 56.3 Å². The summed E-state index contributed by atoms with van der Waals surface area (Å²) >= 11 is 1.35. The fourth-order valence-corrected chi connectivity index (χ4v) is 4.72. The molecular formula is C26H23F4N3O2S. The zero-order valence-electron chi connectivity index (χ0n) is 19.6. The molecule has 10 heteroatoms. The number of rotatable bonds is 8. The van der Waals surface area contributed by atoms with E-state index in [1.807, 2.05) is 5.38 Å². The van der Waals surface area contributed by atoms with Crippen molar-refractivity contribution in [2.75, 3.05) is 0 Å². The smallest absolute Gasteiger partial charge is 0.298 e. The molecule has 4 rings (SSSR count). The average Bonchev–Trinajstić information content (AvgIpc) is 3.44. The second-order valence-corrected chi connectivity index (χ2v) is 10.0. The molecule has 0 aliphatic heterocycles. The summed E-state index contributed by atoms with van der Waals surface area (Å²) in [5.74, 6) is -0.524. The second-order valence-electron chi connectivity index (χ2n) is 9.10. The van der Waals surface area contributed by atoms with E-state index in [0.29, 0.717) is 21.8 Å². The number of halogens is 4. The number of hydrogen-bond acceptors (Lipinski definition) is 4. The topological polar surface area (TPSA) is 56.9 Å². The minimum Gasteiger partial charge on any atom is -0.298 e. The highest BCUT2D eigenvalue weighted by Gasteiger charge is 2.33. The molecule has 5 nitrogen and oxygen atoms in total. The lowest BCUT2D eigenvalue weighted by atomic mass is 9.79. The van der Waals surface area contributed by atoms with E-state index in [2.05, 4.69) is 5.10 Å². The molecule has 0 aliphatic rings. The number of thiophene rings is 1. The fraction of sp³-hybridized carbons (Fsp3) is 0.269. The van der Waals surface area contributed by atoms with E-state index in [0.717, 1.165) is 16.8 Å². The molecule has 36 heavy (non-hydrogen) atoms. The first-order chi connectivity index (χ1) is 17.0. The first-order valence-corrected chi connectivity index (χ1v) is 12.0. The Kier molecular flexibility index (Phi) is 6.99. The number of alkyl halides is 3. The normalized spacial score (nSPS) is 12.2. The second kappa shape index (κ2) is 9.85. The highest BCUT2D eigenvalue weighted by atomic mass is 32.1. The number of Topliss-reactive ketones (excluding diaryl/α,β-unsaturated/α-hetero) is 1. The highest BCUT2D eigenvalue weighted by Crippen LogP contribution is 2.34. The first kappa shape index (κ1) is 25.6. The fourth-order valence-electron chi connectivity index (χ4n) is 4.01. The molecule has 188 valence electrons. The predicted molar refractivity (Wildman–Crippen MR) is 129 cm³/mol. The van der Waals surface area contributed by atoms with Crippen LogP contribution in [-0.4, -0.2) is 20.1 Å². The third-order valence-electron chi connectivity index (χ3n) is 5.89. The number of benzene rings is 2. The van der Waals surface area contributed by atoms with Crippen LogP contribution >= 0.6 is 11.3 Å². The summed E-state index contributed by atoms with van der Waals surface area (Å²) < 4.78 is 56.1. The summed E-state index contributed by atoms with van der Waals surface area (Å²) in [5.41, 5.74) is -1.61. The van der Waals surface area contributed by atoms with Gasteiger partial charge in [-0.2, -0.15) is 13.2 Å². The van der Waals surface area contributed by atoms with Gasteiger partial charge in [-0.05, 0) is 34.6 Å². The molecule has 0 atom stereocenters. The highest BCUT2D eigenvalue weighted by molar-refractivity contribution is 7.13. The molecule has 2 heterocycles. The lowest BCUT2D eigenvalue weighted by molar-refractivity contribution is -0.137. The minimum absolute atomic E-state index is 0.0668. The van der Waals surface area contributed by atoms with Crippen LogP contribution in [0.15, 0.2) is 70.8 Å². The quantitative estimate of drug-likeness (QED) is 0.273. The van der Waals surface area contributed by atoms with Crippen molar-refractivity contribution in [1.82, 2.24) is 14.3 Å². The molecule has 0 N–H and O–H groups in total. The van der Waals surface area contributed by atoms with Crippen LogP contribution in [0.1, 0.15) is 37.0 Å². The Morgan fingerprint density at radius 3 is 2.39 bits per heavy atom. The summed E-state index contributed by atoms with van der Waals surface area (Å²) in [5, 5.41) is 6.17. The van der Waals surface area contributed by atoms with Crippen molar-refractivity contribution in [2.24, 2.45) is 0 Å². The Morgan fingerprint density at radius 2 is 1.72 bits per heavy atom. The van der Waals surface area contributed by atoms with Crippen molar-refractivity contribution in [1.29, 1.82) is 0 Å². The monoisotopic (exact) mass is 517 g/mol. The van der Waals surface area contributed by atoms with E-state index in [1.165, 1.54) is 28.0 Å². The molecule has 0 aliphatic carbocycles. The zero-order chi connectivity index (χ0) is 26.1. The van der Waals surface area contributed by atoms with Gasteiger partial charge in [0.1, 0.15) is 12.4 Å². The Bertz CT molecular complexity index is 1440. The molecule has 0 spiro atoms. The van der Waals surface area contributed by atoms with Gasteiger partial charge in [0, 0.05) is 12.0 Å². The van der Waals surface area contributed by atoms with Crippen molar-refractivity contribution < 1.29 is 22.4 Å². The lowest BCUT2D eigenvalue weighted by Crippen LogP contribution is -2.31. The van der Waals surface area contributed by atoms with Gasteiger partial charge in [-0.3, -0.25) is 9.36 Å². The standard InChI is InChI=1S/C26H23F4N3O2S/c1-25(2,18-8-5-9-19(13-18)26(28,29)30)14-20(34)16-33-24(35)32(15-17-7-3-4-10-21(17)27)23(31-33)22-11-6-12-36-22/h3-13H,14-16H2,1-2H3. The van der Waals surface area contributed by atoms with Crippen LogP contribution in [0.2, 0.25) is 0 Å². The largest absolute Gasteiger partial charge is 0.416 e. The number of hydrogen-bond donors (Lipinski definition) is 0. The average molecular weight is 518 g/mol. The molecule has 0 bridgehead atoms. The molecule has 2 aromatic carbocycles. The Morgan fingerprint density at radius 1 is 1.00 bits per heavy atom. The molecular weight excluding hydrogens is 494 g/mol. The van der Waals surface area contributed by atoms with Crippen LogP contribution in [0.25, 0.3) is 10.7 Å². The van der Waals surface area contributed by atoms with Crippen molar-refractivity contribution in [3.05, 3.63) is 99.0 Å². The summed E-state index contributed by atoms with van der Waals surface area (Å²) in [6.45, 7) is 2.93. The molecule has 0 unspecified atom stereocenters. The van der Waals surface area contributed by atoms with Gasteiger partial charge >= 0.3 is 11.9 Å². The number of carbonyl (C=O) groups is 1. The van der Waals surface area contributed by atoms with Crippen molar-refractivity contribution in [3.63, 3.8) is 0 Å². The Balaban J connectivity index is 1.60. The Hall–Kier alpha value is -3.53. The maximum Gasteiger partial charge on any atom is 0.416 e. The minimum atomic E-state index is -4.49. The van der Waals surface area contributed by atoms with Gasteiger partial charge in [0.05, 0.1) is 17.0 Å². The number of ketones is 1. The maximum atomic E-state index is 14.3. The van der Waals surface area contributed by atoms with E-state index in [1.54, 1.807) is 50.2 Å². The zero-order valence-corrected chi connectivity index (χ0v) is 20.4. The van der Waals surface area contributed by atoms with Gasteiger partial charge in [0.2, 0.25) is 0 Å². The van der Waals surface area contributed by atoms with Crippen LogP contribution in [0, 0.1) is 5.82 Å². The van der Waals surface area contributed by atoms with Crippen molar-refractivity contribution >= 4 is 17.1 Å². The summed E-state index contributed by atoms with van der Waals surface area (Å²) in [6.07, 6.45) is -4.60. The Labute approximate surface area is 208 Å². The molecule has 2 aromatic heterocycles. The summed E-state index contributed by atoms with van der Waals surface area (Å²) in [7, 11) is 0. The van der Waals surface area contributed by atoms with E-state index >= 15 is 0 Å². The third kappa shape index (κ3) is 5.48. The maximum absolute atomic E-state index is 14.3. The number of nitrogens with zero attached hydrogens (tertiary/aromatic N) is 3. The van der Waals surface area contributed by atoms with Gasteiger partial charge in [0.15, 0.2) is 11.6 Å². The molecule has 4 aromatic rings. The van der Waals surface area contributed by atoms with E-state index < -0.39 is 28.7 Å². The lowest BCUT2D eigenvalue weighted by Gasteiger charge is -2.25. The van der Waals surface area contributed by atoms with Crippen LogP contribution in [-0.2, 0) is 29.5 Å². The number of aromatic nitrogens is 3.